The molecule has 1 amide bonds. The summed E-state index contributed by atoms with van der Waals surface area (Å²) in [6.07, 6.45) is 0.223. The second-order valence-corrected chi connectivity index (χ2v) is 10.4. The summed E-state index contributed by atoms with van der Waals surface area (Å²) < 4.78 is 39.2. The minimum atomic E-state index is -3.22. The van der Waals surface area contributed by atoms with Crippen molar-refractivity contribution in [1.82, 2.24) is 5.32 Å². The van der Waals surface area contributed by atoms with Crippen molar-refractivity contribution in [2.75, 3.05) is 27.1 Å². The Morgan fingerprint density at radius 3 is 2.16 bits per heavy atom. The number of carbonyl (C=O) groups excluding carboxylic acids is 2. The zero-order chi connectivity index (χ0) is 22.9. The van der Waals surface area contributed by atoms with Crippen molar-refractivity contribution in [2.45, 2.75) is 23.5 Å². The Hall–Kier alpha value is -2.32. The molecule has 1 N–H and O–H groups in total. The molecule has 0 saturated heterocycles. The molecule has 8 nitrogen and oxygen atoms in total. The molecular weight excluding hydrogens is 441 g/mol. The molecule has 2 aromatic carbocycles. The number of benzene rings is 2. The first kappa shape index (κ1) is 24.9. The van der Waals surface area contributed by atoms with Gasteiger partial charge in [0.05, 0.1) is 24.1 Å². The number of carbonyl (C=O) groups is 2. The van der Waals surface area contributed by atoms with Crippen LogP contribution >= 0.6 is 7.60 Å². The number of rotatable bonds is 11. The summed E-state index contributed by atoms with van der Waals surface area (Å²) in [4.78, 5) is 25.4. The van der Waals surface area contributed by atoms with Crippen LogP contribution in [0.2, 0.25) is 0 Å². The number of esters is 1. The van der Waals surface area contributed by atoms with Gasteiger partial charge in [0.25, 0.3) is 5.91 Å². The van der Waals surface area contributed by atoms with E-state index in [0.717, 1.165) is 0 Å². The standard InChI is InChI=1S/C21H26NO7PS/c1-27-21(24)19(13-14-31(26)18-7-5-4-6-8-18)22-20(23)17-11-9-16(10-12-17)15-30(25,28-2)29-3/h4-12,19H,13-15H2,1-3H3,(H,22,23)/t19-,31+/m1/s1. The number of ether oxygens (including phenoxy) is 1. The lowest BCUT2D eigenvalue weighted by Gasteiger charge is -2.17. The zero-order valence-corrected chi connectivity index (χ0v) is 19.3. The third-order valence-corrected chi connectivity index (χ3v) is 7.81. The van der Waals surface area contributed by atoms with Crippen molar-refractivity contribution in [2.24, 2.45) is 0 Å². The summed E-state index contributed by atoms with van der Waals surface area (Å²) in [5, 5.41) is 2.63. The van der Waals surface area contributed by atoms with Crippen LogP contribution in [0.5, 0.6) is 0 Å². The summed E-state index contributed by atoms with van der Waals surface area (Å²) in [5.74, 6) is -0.906. The summed E-state index contributed by atoms with van der Waals surface area (Å²) >= 11 is 0. The van der Waals surface area contributed by atoms with Crippen LogP contribution in [0.1, 0.15) is 22.3 Å². The first-order valence-corrected chi connectivity index (χ1v) is 12.5. The summed E-state index contributed by atoms with van der Waals surface area (Å²) in [5.41, 5.74) is 0.984. The van der Waals surface area contributed by atoms with Crippen molar-refractivity contribution < 1.29 is 32.1 Å². The molecule has 0 radical (unpaired) electrons. The van der Waals surface area contributed by atoms with Crippen LogP contribution in [0.4, 0.5) is 0 Å². The van der Waals surface area contributed by atoms with E-state index in [4.69, 9.17) is 13.8 Å². The Kier molecular flexibility index (Phi) is 9.58. The Balaban J connectivity index is 2.02. The van der Waals surface area contributed by atoms with Crippen LogP contribution in [0.15, 0.2) is 59.5 Å². The number of nitrogens with one attached hydrogen (secondary N) is 1. The SMILES string of the molecule is COC(=O)[C@@H](CC[S@](=O)c1ccccc1)NC(=O)c1ccc(CP(=O)(OC)OC)cc1. The maximum Gasteiger partial charge on any atom is 0.334 e. The largest absolute Gasteiger partial charge is 0.467 e. The van der Waals surface area contributed by atoms with Gasteiger partial charge in [0.1, 0.15) is 6.04 Å². The molecule has 0 unspecified atom stereocenters. The van der Waals surface area contributed by atoms with E-state index < -0.39 is 36.3 Å². The van der Waals surface area contributed by atoms with Crippen molar-refractivity contribution in [3.8, 4) is 0 Å². The van der Waals surface area contributed by atoms with Crippen molar-refractivity contribution in [1.29, 1.82) is 0 Å². The van der Waals surface area contributed by atoms with Gasteiger partial charge < -0.3 is 19.1 Å². The molecule has 168 valence electrons. The molecule has 2 aromatic rings. The Bertz CT molecular complexity index is 942. The second-order valence-electron chi connectivity index (χ2n) is 6.53. The van der Waals surface area contributed by atoms with Gasteiger partial charge in [0, 0.05) is 30.4 Å². The van der Waals surface area contributed by atoms with Crippen LogP contribution in [-0.4, -0.2) is 49.2 Å². The Morgan fingerprint density at radius 2 is 1.61 bits per heavy atom. The fraction of sp³-hybridized carbons (Fsp3) is 0.333. The molecule has 0 aromatic heterocycles. The number of methoxy groups -OCH3 is 1. The van der Waals surface area contributed by atoms with E-state index in [1.807, 2.05) is 6.07 Å². The molecule has 0 spiro atoms. The summed E-state index contributed by atoms with van der Waals surface area (Å²) in [7, 11) is -0.673. The summed E-state index contributed by atoms with van der Waals surface area (Å²) in [6.45, 7) is 0. The first-order valence-electron chi connectivity index (χ1n) is 9.43. The highest BCUT2D eigenvalue weighted by Gasteiger charge is 2.24. The fourth-order valence-corrected chi connectivity index (χ4v) is 4.95. The Labute approximate surface area is 184 Å². The van der Waals surface area contributed by atoms with Gasteiger partial charge in [-0.1, -0.05) is 30.3 Å². The average molecular weight is 467 g/mol. The lowest BCUT2D eigenvalue weighted by atomic mass is 10.1. The van der Waals surface area contributed by atoms with E-state index >= 15 is 0 Å². The molecule has 0 fully saturated rings. The van der Waals surface area contributed by atoms with Crippen molar-refractivity contribution >= 4 is 30.3 Å². The smallest absolute Gasteiger partial charge is 0.334 e. The van der Waals surface area contributed by atoms with Gasteiger partial charge in [-0.05, 0) is 36.2 Å². The third kappa shape index (κ3) is 7.40. The molecule has 0 aliphatic heterocycles. The van der Waals surface area contributed by atoms with Gasteiger partial charge in [-0.2, -0.15) is 0 Å². The highest BCUT2D eigenvalue weighted by molar-refractivity contribution is 7.85. The van der Waals surface area contributed by atoms with Crippen molar-refractivity contribution in [3.63, 3.8) is 0 Å². The van der Waals surface area contributed by atoms with Crippen LogP contribution in [0, 0.1) is 0 Å². The minimum Gasteiger partial charge on any atom is -0.467 e. The van der Waals surface area contributed by atoms with Crippen molar-refractivity contribution in [3.05, 3.63) is 65.7 Å². The van der Waals surface area contributed by atoms with Gasteiger partial charge >= 0.3 is 13.6 Å². The lowest BCUT2D eigenvalue weighted by molar-refractivity contribution is -0.142. The average Bonchev–Trinajstić information content (AvgIpc) is 2.81. The highest BCUT2D eigenvalue weighted by atomic mass is 32.2. The predicted octanol–water partition coefficient (Wildman–Crippen LogP) is 3.14. The predicted molar refractivity (Wildman–Crippen MR) is 117 cm³/mol. The van der Waals surface area contributed by atoms with Gasteiger partial charge in [0.2, 0.25) is 0 Å². The maximum atomic E-state index is 12.6. The normalized spacial score (nSPS) is 13.3. The quantitative estimate of drug-likeness (QED) is 0.400. The molecule has 0 bridgehead atoms. The molecule has 0 heterocycles. The van der Waals surface area contributed by atoms with Gasteiger partial charge in [-0.15, -0.1) is 0 Å². The molecule has 0 aliphatic carbocycles. The van der Waals surface area contributed by atoms with E-state index in [9.17, 15) is 18.4 Å². The fourth-order valence-electron chi connectivity index (χ4n) is 2.74. The molecule has 31 heavy (non-hydrogen) atoms. The van der Waals surface area contributed by atoms with Crippen LogP contribution in [0.3, 0.4) is 0 Å². The molecule has 2 atom stereocenters. The molecule has 0 saturated carbocycles. The van der Waals surface area contributed by atoms with E-state index in [1.54, 1.807) is 48.5 Å². The third-order valence-electron chi connectivity index (χ3n) is 4.54. The molecule has 0 aliphatic rings. The van der Waals surface area contributed by atoms with Crippen LogP contribution in [0.25, 0.3) is 0 Å². The van der Waals surface area contributed by atoms with Crippen LogP contribution < -0.4 is 5.32 Å². The lowest BCUT2D eigenvalue weighted by Crippen LogP contribution is -2.42. The summed E-state index contributed by atoms with van der Waals surface area (Å²) in [6, 6.07) is 14.3. The maximum absolute atomic E-state index is 12.6. The Morgan fingerprint density at radius 1 is 1.00 bits per heavy atom. The first-order chi connectivity index (χ1) is 14.8. The van der Waals surface area contributed by atoms with Gasteiger partial charge in [-0.3, -0.25) is 13.6 Å². The van der Waals surface area contributed by atoms with Crippen LogP contribution in [-0.2, 0) is 40.1 Å². The van der Waals surface area contributed by atoms with E-state index in [1.165, 1.54) is 21.3 Å². The zero-order valence-electron chi connectivity index (χ0n) is 17.6. The monoisotopic (exact) mass is 467 g/mol. The minimum absolute atomic E-state index is 0.0674. The topological polar surface area (TPSA) is 108 Å². The van der Waals surface area contributed by atoms with E-state index in [-0.39, 0.29) is 18.3 Å². The molecule has 2 rings (SSSR count). The van der Waals surface area contributed by atoms with Gasteiger partial charge in [0.15, 0.2) is 0 Å². The van der Waals surface area contributed by atoms with Gasteiger partial charge in [-0.25, -0.2) is 4.79 Å². The number of hydrogen-bond donors (Lipinski definition) is 1. The van der Waals surface area contributed by atoms with E-state index in [0.29, 0.717) is 16.0 Å². The second kappa shape index (κ2) is 11.9. The highest BCUT2D eigenvalue weighted by Crippen LogP contribution is 2.49. The molecular formula is C21H26NO7PS. The molecule has 10 heteroatoms. The van der Waals surface area contributed by atoms with E-state index in [2.05, 4.69) is 5.32 Å². The number of hydrogen-bond acceptors (Lipinski definition) is 7. The number of amides is 1.